The number of hydrogen-bond donors (Lipinski definition) is 0. The van der Waals surface area contributed by atoms with Crippen molar-refractivity contribution in [3.05, 3.63) is 152 Å². The monoisotopic (exact) mass is 584 g/mol. The minimum absolute atomic E-state index is 0.126. The molecule has 2 aliphatic rings. The van der Waals surface area contributed by atoms with Crippen molar-refractivity contribution >= 4 is 66.7 Å². The highest BCUT2D eigenvalue weighted by Gasteiger charge is 2.40. The standard InChI is InChI=1S/C42H25BN2O/c1-2-11-26(12-3-1)27-13-10-14-28(23-27)44-35-18-7-4-15-29(35)31-24-32-30-21-22-40-41-42(30)45(38(32)25-37(31)44)36-19-8-5-16-33(36)43(41)34-17-6-9-20-39(34)46-40/h1-25H. The first kappa shape index (κ1) is 24.3. The van der Waals surface area contributed by atoms with Crippen molar-refractivity contribution in [2.24, 2.45) is 0 Å². The predicted octanol–water partition coefficient (Wildman–Crippen LogP) is 8.48. The first-order valence-corrected chi connectivity index (χ1v) is 15.9. The van der Waals surface area contributed by atoms with Gasteiger partial charge in [-0.1, -0.05) is 97.1 Å². The summed E-state index contributed by atoms with van der Waals surface area (Å²) in [5.74, 6) is 1.90. The van der Waals surface area contributed by atoms with Crippen LogP contribution in [0.1, 0.15) is 0 Å². The number of benzene rings is 7. The summed E-state index contributed by atoms with van der Waals surface area (Å²) in [6, 6.07) is 55.1. The lowest BCUT2D eigenvalue weighted by Crippen LogP contribution is -2.58. The van der Waals surface area contributed by atoms with E-state index in [9.17, 15) is 0 Å². The molecule has 9 aromatic rings. The lowest BCUT2D eigenvalue weighted by atomic mass is 9.34. The van der Waals surface area contributed by atoms with Crippen LogP contribution in [0.5, 0.6) is 11.5 Å². The molecule has 46 heavy (non-hydrogen) atoms. The van der Waals surface area contributed by atoms with Crippen LogP contribution in [0.2, 0.25) is 0 Å². The lowest BCUT2D eigenvalue weighted by Gasteiger charge is -2.32. The fourth-order valence-corrected chi connectivity index (χ4v) is 8.27. The van der Waals surface area contributed by atoms with Gasteiger partial charge in [0.25, 0.3) is 6.71 Å². The third-order valence-electron chi connectivity index (χ3n) is 10.2. The Balaban J connectivity index is 1.27. The Hall–Kier alpha value is -6.00. The first-order valence-electron chi connectivity index (χ1n) is 15.9. The molecule has 4 heteroatoms. The van der Waals surface area contributed by atoms with Crippen LogP contribution in [-0.2, 0) is 0 Å². The Labute approximate surface area is 265 Å². The van der Waals surface area contributed by atoms with Crippen LogP contribution in [0.3, 0.4) is 0 Å². The van der Waals surface area contributed by atoms with Crippen molar-refractivity contribution in [1.82, 2.24) is 9.13 Å². The number of ether oxygens (including phenoxy) is 1. The second-order valence-electron chi connectivity index (χ2n) is 12.5. The van der Waals surface area contributed by atoms with E-state index >= 15 is 0 Å². The van der Waals surface area contributed by atoms with Crippen LogP contribution < -0.4 is 21.1 Å². The Kier molecular flexibility index (Phi) is 4.66. The van der Waals surface area contributed by atoms with E-state index < -0.39 is 0 Å². The molecule has 212 valence electrons. The summed E-state index contributed by atoms with van der Waals surface area (Å²) in [5.41, 5.74) is 13.5. The number of hydrogen-bond acceptors (Lipinski definition) is 1. The van der Waals surface area contributed by atoms with E-state index in [1.54, 1.807) is 0 Å². The lowest BCUT2D eigenvalue weighted by molar-refractivity contribution is 0.488. The molecule has 0 atom stereocenters. The van der Waals surface area contributed by atoms with Gasteiger partial charge in [-0.2, -0.15) is 0 Å². The van der Waals surface area contributed by atoms with Gasteiger partial charge in [-0.25, -0.2) is 0 Å². The van der Waals surface area contributed by atoms with Gasteiger partial charge in [0.2, 0.25) is 0 Å². The van der Waals surface area contributed by atoms with Crippen LogP contribution in [-0.4, -0.2) is 15.8 Å². The molecule has 7 aromatic carbocycles. The largest absolute Gasteiger partial charge is 0.458 e. The minimum atomic E-state index is 0.126. The maximum Gasteiger partial charge on any atom is 0.256 e. The highest BCUT2D eigenvalue weighted by atomic mass is 16.5. The molecule has 4 heterocycles. The van der Waals surface area contributed by atoms with Crippen LogP contribution >= 0.6 is 0 Å². The number of fused-ring (bicyclic) bond motifs is 11. The Bertz CT molecular complexity index is 2740. The third-order valence-corrected chi connectivity index (χ3v) is 10.2. The van der Waals surface area contributed by atoms with E-state index in [0.717, 1.165) is 17.2 Å². The molecule has 0 bridgehead atoms. The van der Waals surface area contributed by atoms with E-state index in [2.05, 4.69) is 161 Å². The number of rotatable bonds is 2. The van der Waals surface area contributed by atoms with Crippen LogP contribution in [0.4, 0.5) is 0 Å². The van der Waals surface area contributed by atoms with Crippen molar-refractivity contribution in [1.29, 1.82) is 0 Å². The van der Waals surface area contributed by atoms with Crippen molar-refractivity contribution in [2.45, 2.75) is 0 Å². The molecular formula is C42H25BN2O. The molecule has 0 radical (unpaired) electrons. The zero-order valence-corrected chi connectivity index (χ0v) is 24.8. The van der Waals surface area contributed by atoms with Gasteiger partial charge in [-0.3, -0.25) is 0 Å². The molecule has 2 aliphatic heterocycles. The number of aromatic nitrogens is 2. The van der Waals surface area contributed by atoms with Crippen LogP contribution in [0.15, 0.2) is 152 Å². The van der Waals surface area contributed by atoms with Crippen molar-refractivity contribution in [2.75, 3.05) is 0 Å². The average molecular weight is 584 g/mol. The van der Waals surface area contributed by atoms with E-state index in [4.69, 9.17) is 4.74 Å². The molecule has 0 spiro atoms. The molecule has 0 fully saturated rings. The highest BCUT2D eigenvalue weighted by Crippen LogP contribution is 2.42. The van der Waals surface area contributed by atoms with E-state index in [-0.39, 0.29) is 6.71 Å². The van der Waals surface area contributed by atoms with Crippen LogP contribution in [0, 0.1) is 0 Å². The number of para-hydroxylation sites is 3. The van der Waals surface area contributed by atoms with Crippen molar-refractivity contribution in [3.8, 4) is 34.0 Å². The fraction of sp³-hybridized carbons (Fsp3) is 0. The third kappa shape index (κ3) is 3.08. The average Bonchev–Trinajstić information content (AvgIpc) is 3.63. The van der Waals surface area contributed by atoms with Gasteiger partial charge in [0, 0.05) is 32.9 Å². The maximum atomic E-state index is 6.58. The summed E-state index contributed by atoms with van der Waals surface area (Å²) in [5, 5.41) is 5.05. The quantitative estimate of drug-likeness (QED) is 0.187. The Morgan fingerprint density at radius 3 is 2.11 bits per heavy atom. The second-order valence-corrected chi connectivity index (χ2v) is 12.5. The zero-order valence-electron chi connectivity index (χ0n) is 24.8. The molecule has 0 unspecified atom stereocenters. The SMILES string of the molecule is c1ccc(-c2cccc(-n3c4ccccc4c4cc5c6ccc7c8c6n(c5cc43)-c3ccccc3B8c3ccccc3O7)c2)cc1. The second kappa shape index (κ2) is 8.80. The summed E-state index contributed by atoms with van der Waals surface area (Å²) < 4.78 is 11.5. The molecule has 0 aliphatic carbocycles. The molecule has 2 aromatic heterocycles. The summed E-state index contributed by atoms with van der Waals surface area (Å²) >= 11 is 0. The summed E-state index contributed by atoms with van der Waals surface area (Å²) in [7, 11) is 0. The zero-order chi connectivity index (χ0) is 29.9. The fourth-order valence-electron chi connectivity index (χ4n) is 8.27. The molecule has 0 N–H and O–H groups in total. The summed E-state index contributed by atoms with van der Waals surface area (Å²) in [4.78, 5) is 0. The summed E-state index contributed by atoms with van der Waals surface area (Å²) in [6.45, 7) is 0.126. The van der Waals surface area contributed by atoms with Gasteiger partial charge in [0.15, 0.2) is 0 Å². The normalized spacial score (nSPS) is 12.9. The predicted molar refractivity (Wildman–Crippen MR) is 192 cm³/mol. The number of nitrogens with zero attached hydrogens (tertiary/aromatic N) is 2. The molecule has 3 nitrogen and oxygen atoms in total. The molecule has 0 saturated heterocycles. The van der Waals surface area contributed by atoms with Gasteiger partial charge >= 0.3 is 0 Å². The van der Waals surface area contributed by atoms with E-state index in [1.165, 1.54) is 76.8 Å². The minimum Gasteiger partial charge on any atom is -0.458 e. The van der Waals surface area contributed by atoms with Crippen molar-refractivity contribution in [3.63, 3.8) is 0 Å². The molecular weight excluding hydrogens is 559 g/mol. The van der Waals surface area contributed by atoms with Crippen molar-refractivity contribution < 1.29 is 4.74 Å². The molecule has 0 saturated carbocycles. The smallest absolute Gasteiger partial charge is 0.256 e. The van der Waals surface area contributed by atoms with Gasteiger partial charge < -0.3 is 13.9 Å². The topological polar surface area (TPSA) is 19.1 Å². The van der Waals surface area contributed by atoms with Gasteiger partial charge in [-0.15, -0.1) is 0 Å². The van der Waals surface area contributed by atoms with Crippen LogP contribution in [0.25, 0.3) is 66.1 Å². The van der Waals surface area contributed by atoms with Gasteiger partial charge in [0.1, 0.15) is 11.5 Å². The van der Waals surface area contributed by atoms with E-state index in [0.29, 0.717) is 0 Å². The van der Waals surface area contributed by atoms with Gasteiger partial charge in [-0.05, 0) is 82.1 Å². The van der Waals surface area contributed by atoms with E-state index in [1.807, 2.05) is 0 Å². The molecule has 0 amide bonds. The Morgan fingerprint density at radius 2 is 1.17 bits per heavy atom. The summed E-state index contributed by atoms with van der Waals surface area (Å²) in [6.07, 6.45) is 0. The molecule has 11 rings (SSSR count). The first-order chi connectivity index (χ1) is 22.8. The maximum absolute atomic E-state index is 6.58. The highest BCUT2D eigenvalue weighted by molar-refractivity contribution is 6.99. The van der Waals surface area contributed by atoms with Gasteiger partial charge in [0.05, 0.1) is 22.1 Å². The Morgan fingerprint density at radius 1 is 0.435 bits per heavy atom.